The summed E-state index contributed by atoms with van der Waals surface area (Å²) >= 11 is 5.77. The van der Waals surface area contributed by atoms with Crippen molar-refractivity contribution >= 4 is 11.6 Å². The standard InChI is InChI=1S/C11H24ClN/c1-9(2)6-5-7-13-11(4)10(3)8-12/h9-11,13H,5-8H2,1-4H3. The molecule has 1 nitrogen and oxygen atoms in total. The minimum Gasteiger partial charge on any atom is -0.314 e. The molecule has 0 fully saturated rings. The second kappa shape index (κ2) is 7.64. The zero-order chi connectivity index (χ0) is 10.3. The van der Waals surface area contributed by atoms with E-state index in [0.29, 0.717) is 12.0 Å². The number of rotatable bonds is 7. The molecule has 2 unspecified atom stereocenters. The first-order chi connectivity index (χ1) is 6.07. The van der Waals surface area contributed by atoms with Gasteiger partial charge in [0.15, 0.2) is 0 Å². The zero-order valence-electron chi connectivity index (χ0n) is 9.44. The lowest BCUT2D eigenvalue weighted by molar-refractivity contribution is 0.415. The van der Waals surface area contributed by atoms with Gasteiger partial charge >= 0.3 is 0 Å². The van der Waals surface area contributed by atoms with Crippen molar-refractivity contribution in [3.8, 4) is 0 Å². The molecule has 0 saturated heterocycles. The van der Waals surface area contributed by atoms with Gasteiger partial charge in [-0.05, 0) is 38.1 Å². The normalized spacial score (nSPS) is 16.2. The smallest absolute Gasteiger partial charge is 0.0263 e. The van der Waals surface area contributed by atoms with Crippen LogP contribution in [0.5, 0.6) is 0 Å². The van der Waals surface area contributed by atoms with Crippen molar-refractivity contribution in [1.29, 1.82) is 0 Å². The molecule has 0 aromatic heterocycles. The lowest BCUT2D eigenvalue weighted by Gasteiger charge is -2.19. The van der Waals surface area contributed by atoms with Gasteiger partial charge in [-0.2, -0.15) is 0 Å². The Labute approximate surface area is 88.2 Å². The third-order valence-electron chi connectivity index (χ3n) is 2.52. The van der Waals surface area contributed by atoms with Gasteiger partial charge in [-0.1, -0.05) is 20.8 Å². The lowest BCUT2D eigenvalue weighted by atomic mass is 10.1. The van der Waals surface area contributed by atoms with E-state index >= 15 is 0 Å². The Morgan fingerprint density at radius 2 is 1.77 bits per heavy atom. The van der Waals surface area contributed by atoms with Crippen LogP contribution in [0.3, 0.4) is 0 Å². The summed E-state index contributed by atoms with van der Waals surface area (Å²) in [6, 6.07) is 0.546. The van der Waals surface area contributed by atoms with E-state index in [1.165, 1.54) is 12.8 Å². The van der Waals surface area contributed by atoms with E-state index in [2.05, 4.69) is 33.0 Å². The second-order valence-corrected chi connectivity index (χ2v) is 4.72. The van der Waals surface area contributed by atoms with E-state index in [1.807, 2.05) is 0 Å². The molecule has 0 spiro atoms. The molecule has 80 valence electrons. The molecule has 0 rings (SSSR count). The summed E-state index contributed by atoms with van der Waals surface area (Å²) in [5.74, 6) is 2.14. The average Bonchev–Trinajstić information content (AvgIpc) is 2.10. The maximum Gasteiger partial charge on any atom is 0.0263 e. The molecule has 0 bridgehead atoms. The molecule has 0 amide bonds. The van der Waals surface area contributed by atoms with Gasteiger partial charge in [-0.15, -0.1) is 11.6 Å². The summed E-state index contributed by atoms with van der Waals surface area (Å²) in [7, 11) is 0. The molecular weight excluding hydrogens is 182 g/mol. The zero-order valence-corrected chi connectivity index (χ0v) is 10.2. The highest BCUT2D eigenvalue weighted by molar-refractivity contribution is 6.18. The monoisotopic (exact) mass is 205 g/mol. The van der Waals surface area contributed by atoms with Crippen LogP contribution in [-0.2, 0) is 0 Å². The first kappa shape index (κ1) is 13.2. The van der Waals surface area contributed by atoms with Crippen molar-refractivity contribution in [2.75, 3.05) is 12.4 Å². The highest BCUT2D eigenvalue weighted by Gasteiger charge is 2.09. The van der Waals surface area contributed by atoms with Crippen LogP contribution in [-0.4, -0.2) is 18.5 Å². The highest BCUT2D eigenvalue weighted by atomic mass is 35.5. The third kappa shape index (κ3) is 7.33. The molecule has 0 saturated carbocycles. The van der Waals surface area contributed by atoms with Crippen molar-refractivity contribution < 1.29 is 0 Å². The van der Waals surface area contributed by atoms with Gasteiger partial charge in [0.25, 0.3) is 0 Å². The fourth-order valence-electron chi connectivity index (χ4n) is 1.17. The number of alkyl halides is 1. The van der Waals surface area contributed by atoms with E-state index in [-0.39, 0.29) is 0 Å². The molecule has 0 aromatic carbocycles. The van der Waals surface area contributed by atoms with Crippen molar-refractivity contribution in [3.05, 3.63) is 0 Å². The molecule has 13 heavy (non-hydrogen) atoms. The largest absolute Gasteiger partial charge is 0.314 e. The first-order valence-corrected chi connectivity index (χ1v) is 5.90. The Balaban J connectivity index is 3.31. The van der Waals surface area contributed by atoms with Crippen LogP contribution in [0.4, 0.5) is 0 Å². The van der Waals surface area contributed by atoms with E-state index in [4.69, 9.17) is 11.6 Å². The molecule has 2 heteroatoms. The van der Waals surface area contributed by atoms with E-state index in [0.717, 1.165) is 18.3 Å². The number of halogens is 1. The number of hydrogen-bond donors (Lipinski definition) is 1. The van der Waals surface area contributed by atoms with Gasteiger partial charge in [0.05, 0.1) is 0 Å². The maximum absolute atomic E-state index is 5.77. The van der Waals surface area contributed by atoms with Crippen LogP contribution < -0.4 is 5.32 Å². The van der Waals surface area contributed by atoms with Gasteiger partial charge < -0.3 is 5.32 Å². The van der Waals surface area contributed by atoms with Gasteiger partial charge in [0.1, 0.15) is 0 Å². The molecule has 1 N–H and O–H groups in total. The van der Waals surface area contributed by atoms with Crippen LogP contribution in [0.2, 0.25) is 0 Å². The van der Waals surface area contributed by atoms with Crippen molar-refractivity contribution in [3.63, 3.8) is 0 Å². The van der Waals surface area contributed by atoms with E-state index in [9.17, 15) is 0 Å². The van der Waals surface area contributed by atoms with E-state index in [1.54, 1.807) is 0 Å². The Bertz CT molecular complexity index is 115. The fraction of sp³-hybridized carbons (Fsp3) is 1.00. The number of hydrogen-bond acceptors (Lipinski definition) is 1. The van der Waals surface area contributed by atoms with E-state index < -0.39 is 0 Å². The van der Waals surface area contributed by atoms with Crippen LogP contribution in [0, 0.1) is 11.8 Å². The predicted molar refractivity (Wildman–Crippen MR) is 61.4 cm³/mol. The van der Waals surface area contributed by atoms with Crippen LogP contribution in [0.1, 0.15) is 40.5 Å². The summed E-state index contributed by atoms with van der Waals surface area (Å²) in [6.07, 6.45) is 2.59. The Hall–Kier alpha value is 0.250. The summed E-state index contributed by atoms with van der Waals surface area (Å²) in [5, 5.41) is 3.50. The maximum atomic E-state index is 5.77. The molecular formula is C11H24ClN. The van der Waals surface area contributed by atoms with Crippen molar-refractivity contribution in [2.45, 2.75) is 46.6 Å². The number of nitrogens with one attached hydrogen (secondary N) is 1. The minimum atomic E-state index is 0.546. The first-order valence-electron chi connectivity index (χ1n) is 5.37. The van der Waals surface area contributed by atoms with Crippen LogP contribution >= 0.6 is 11.6 Å². The lowest BCUT2D eigenvalue weighted by Crippen LogP contribution is -2.33. The van der Waals surface area contributed by atoms with Gasteiger partial charge in [0, 0.05) is 11.9 Å². The van der Waals surface area contributed by atoms with Gasteiger partial charge in [-0.25, -0.2) is 0 Å². The molecule has 2 atom stereocenters. The topological polar surface area (TPSA) is 12.0 Å². The van der Waals surface area contributed by atoms with Crippen LogP contribution in [0.15, 0.2) is 0 Å². The van der Waals surface area contributed by atoms with Crippen LogP contribution in [0.25, 0.3) is 0 Å². The molecule has 0 aliphatic rings. The molecule has 0 aliphatic heterocycles. The fourth-order valence-corrected chi connectivity index (χ4v) is 1.44. The molecule has 0 aliphatic carbocycles. The average molecular weight is 206 g/mol. The predicted octanol–water partition coefficient (Wildman–Crippen LogP) is 3.28. The minimum absolute atomic E-state index is 0.546. The van der Waals surface area contributed by atoms with Gasteiger partial charge in [0.2, 0.25) is 0 Å². The molecule has 0 radical (unpaired) electrons. The Morgan fingerprint density at radius 3 is 2.23 bits per heavy atom. The van der Waals surface area contributed by atoms with Gasteiger partial charge in [-0.3, -0.25) is 0 Å². The summed E-state index contributed by atoms with van der Waals surface area (Å²) in [4.78, 5) is 0. The quantitative estimate of drug-likeness (QED) is 0.497. The summed E-state index contributed by atoms with van der Waals surface area (Å²) < 4.78 is 0. The van der Waals surface area contributed by atoms with Crippen molar-refractivity contribution in [1.82, 2.24) is 5.32 Å². The molecule has 0 aromatic rings. The Morgan fingerprint density at radius 1 is 1.15 bits per heavy atom. The SMILES string of the molecule is CC(C)CCCNC(C)C(C)CCl. The highest BCUT2D eigenvalue weighted by Crippen LogP contribution is 2.06. The molecule has 0 heterocycles. The summed E-state index contributed by atoms with van der Waals surface area (Å²) in [5.41, 5.74) is 0. The second-order valence-electron chi connectivity index (χ2n) is 4.41. The Kier molecular flexibility index (Phi) is 7.78. The third-order valence-corrected chi connectivity index (χ3v) is 3.01. The summed E-state index contributed by atoms with van der Waals surface area (Å²) in [6.45, 7) is 10.1. The van der Waals surface area contributed by atoms with Crippen molar-refractivity contribution in [2.24, 2.45) is 11.8 Å².